The van der Waals surface area contributed by atoms with E-state index in [2.05, 4.69) is 83.8 Å². The van der Waals surface area contributed by atoms with E-state index < -0.39 is 37.5 Å². The molecule has 6 aromatic rings. The SMILES string of the molecule is CC(C)Oc1ccccc1[C@@H]1CN([C@@H]2COc3cnccc3C2)CCN1C1CC2(CCN(c3ccc(C(=O)NS(=O)(=O)c4cc5c(c([N+](=O)[O-])c4)N[C@H](C4CCOCC4)CO5)c(N4c5cc6cc[nH]c6nc5O[C@H]5COCC[C@@H]54)c3)CC2)C1. The summed E-state index contributed by atoms with van der Waals surface area (Å²) in [4.78, 5) is 48.7. The van der Waals surface area contributed by atoms with Crippen LogP contribution in [0.4, 0.5) is 28.4 Å². The summed E-state index contributed by atoms with van der Waals surface area (Å²) in [6.45, 7) is 11.3. The first-order chi connectivity index (χ1) is 40.3. The van der Waals surface area contributed by atoms with Crippen LogP contribution in [0.3, 0.4) is 0 Å². The van der Waals surface area contributed by atoms with Crippen LogP contribution < -0.4 is 38.8 Å². The van der Waals surface area contributed by atoms with Gasteiger partial charge in [0.05, 0.1) is 58.1 Å². The van der Waals surface area contributed by atoms with E-state index in [0.29, 0.717) is 61.8 Å². The molecule has 5 fully saturated rings. The molecule has 10 heterocycles. The van der Waals surface area contributed by atoms with E-state index in [4.69, 9.17) is 33.4 Å². The lowest BCUT2D eigenvalue weighted by Crippen LogP contribution is -2.61. The molecule has 1 spiro atoms. The number of nitrogens with zero attached hydrogens (tertiary/aromatic N) is 7. The zero-order valence-corrected chi connectivity index (χ0v) is 47.6. The number of amides is 1. The molecule has 5 atom stereocenters. The van der Waals surface area contributed by atoms with E-state index >= 15 is 0 Å². The monoisotopic (exact) mass is 1150 g/mol. The van der Waals surface area contributed by atoms with Crippen molar-refractivity contribution >= 4 is 55.4 Å². The van der Waals surface area contributed by atoms with Gasteiger partial charge < -0.3 is 48.5 Å². The lowest BCUT2D eigenvalue weighted by Gasteiger charge is -2.58. The molecule has 1 saturated carbocycles. The number of piperidine rings is 1. The Hall–Kier alpha value is -7.24. The number of fused-ring (bicyclic) bond motifs is 5. The molecule has 0 unspecified atom stereocenters. The van der Waals surface area contributed by atoms with E-state index in [9.17, 15) is 23.3 Å². The van der Waals surface area contributed by atoms with Crippen LogP contribution in [-0.2, 0) is 25.9 Å². The fraction of sp³-hybridized carbons (Fsp3) is 0.492. The van der Waals surface area contributed by atoms with Gasteiger partial charge >= 0.3 is 0 Å². The van der Waals surface area contributed by atoms with Crippen molar-refractivity contribution in [2.75, 3.05) is 87.5 Å². The van der Waals surface area contributed by atoms with E-state index in [1.165, 1.54) is 17.2 Å². The van der Waals surface area contributed by atoms with Crippen molar-refractivity contribution in [2.24, 2.45) is 11.3 Å². The van der Waals surface area contributed by atoms with Gasteiger partial charge in [0.15, 0.2) is 11.4 Å². The molecule has 0 radical (unpaired) electrons. The zero-order chi connectivity index (χ0) is 56.6. The molecule has 21 nitrogen and oxygen atoms in total. The molecule has 3 aromatic carbocycles. The number of aromatic amines is 1. The molecular formula is C61H70N10O11S. The Labute approximate surface area is 482 Å². The molecule has 83 heavy (non-hydrogen) atoms. The number of pyridine rings is 2. The molecule has 7 aliphatic heterocycles. The van der Waals surface area contributed by atoms with Crippen molar-refractivity contribution in [3.05, 3.63) is 118 Å². The average Bonchev–Trinajstić information content (AvgIpc) is 4.07. The Morgan fingerprint density at radius 3 is 2.54 bits per heavy atom. The largest absolute Gasteiger partial charge is 0.491 e. The fourth-order valence-electron chi connectivity index (χ4n) is 14.5. The predicted molar refractivity (Wildman–Crippen MR) is 310 cm³/mol. The standard InChI is InChI=1S/C61H70N10O11S/c1-37(2)81-53-6-4-3-5-45(53)52-33-68(42-25-39-9-16-62-32-55(39)79-34-42)20-21-69(52)43-30-61(31-43)14-18-67(19-15-61)41-7-8-46(49(27-41)70-48-13-24-78-36-56(48)82-60-51(70)26-40-10-17-63-58(40)65-60)59(72)66-83(75,76)44-28-50(71(73)74)57-54(29-44)80-35-47(64-57)38-11-22-77-23-12-38/h3-10,16-17,26-29,32,37-38,42-43,47-48,52,56,64H,11-15,18-25,30-31,33-36H2,1-2H3,(H,63,65)(H,66,72)/t42-,47-,48-,52-,56-/m0/s1. The molecule has 1 amide bonds. The van der Waals surface area contributed by atoms with Crippen LogP contribution in [0.1, 0.15) is 86.3 Å². The molecule has 0 bridgehead atoms. The number of para-hydroxylation sites is 1. The van der Waals surface area contributed by atoms with Crippen LogP contribution in [0.2, 0.25) is 0 Å². The first-order valence-electron chi connectivity index (χ1n) is 29.4. The number of anilines is 4. The van der Waals surface area contributed by atoms with Crippen molar-refractivity contribution < 1.29 is 46.6 Å². The zero-order valence-electron chi connectivity index (χ0n) is 46.7. The topological polar surface area (TPSA) is 228 Å². The number of piperazine rings is 1. The Morgan fingerprint density at radius 2 is 1.71 bits per heavy atom. The molecule has 8 aliphatic rings. The number of nitro groups is 1. The Morgan fingerprint density at radius 1 is 0.892 bits per heavy atom. The van der Waals surface area contributed by atoms with Crippen LogP contribution >= 0.6 is 0 Å². The summed E-state index contributed by atoms with van der Waals surface area (Å²) in [5.41, 5.74) is 4.99. The first-order valence-corrected chi connectivity index (χ1v) is 30.9. The minimum Gasteiger partial charge on any atom is -0.491 e. The van der Waals surface area contributed by atoms with Gasteiger partial charge in [0.2, 0.25) is 5.88 Å². The Balaban J connectivity index is 0.735. The van der Waals surface area contributed by atoms with Gasteiger partial charge in [0.25, 0.3) is 21.6 Å². The summed E-state index contributed by atoms with van der Waals surface area (Å²) in [5, 5.41) is 16.7. The van der Waals surface area contributed by atoms with Gasteiger partial charge in [0, 0.05) is 106 Å². The minimum atomic E-state index is -4.72. The lowest BCUT2D eigenvalue weighted by atomic mass is 9.59. The molecule has 3 N–H and O–H groups in total. The average molecular weight is 1150 g/mol. The maximum Gasteiger partial charge on any atom is 0.297 e. The third-order valence-corrected chi connectivity index (χ3v) is 20.1. The number of aromatic nitrogens is 3. The van der Waals surface area contributed by atoms with Gasteiger partial charge in [-0.2, -0.15) is 4.98 Å². The highest BCUT2D eigenvalue weighted by Crippen LogP contribution is 2.54. The van der Waals surface area contributed by atoms with Gasteiger partial charge in [-0.15, -0.1) is 0 Å². The van der Waals surface area contributed by atoms with E-state index in [-0.39, 0.29) is 71.8 Å². The second kappa shape index (κ2) is 21.7. The number of hydrogen-bond donors (Lipinski definition) is 3. The van der Waals surface area contributed by atoms with Gasteiger partial charge in [0.1, 0.15) is 42.2 Å². The third-order valence-electron chi connectivity index (χ3n) is 18.8. The van der Waals surface area contributed by atoms with Crippen LogP contribution in [0.5, 0.6) is 23.1 Å². The van der Waals surface area contributed by atoms with Crippen LogP contribution in [-0.4, -0.2) is 153 Å². The molecule has 3 aromatic heterocycles. The van der Waals surface area contributed by atoms with E-state index in [1.807, 2.05) is 42.9 Å². The molecule has 22 heteroatoms. The Kier molecular flexibility index (Phi) is 14.1. The highest BCUT2D eigenvalue weighted by atomic mass is 32.2. The molecule has 436 valence electrons. The second-order valence-corrected chi connectivity index (χ2v) is 25.7. The normalized spacial score (nSPS) is 24.7. The number of nitrogens with one attached hydrogen (secondary N) is 3. The number of benzene rings is 3. The van der Waals surface area contributed by atoms with Crippen molar-refractivity contribution in [2.45, 2.75) is 113 Å². The van der Waals surface area contributed by atoms with Crippen molar-refractivity contribution in [1.29, 1.82) is 0 Å². The van der Waals surface area contributed by atoms with Crippen LogP contribution in [0, 0.1) is 21.4 Å². The highest BCUT2D eigenvalue weighted by Gasteiger charge is 2.51. The number of carbonyl (C=O) groups is 1. The van der Waals surface area contributed by atoms with Gasteiger partial charge in [-0.3, -0.25) is 29.7 Å². The highest BCUT2D eigenvalue weighted by molar-refractivity contribution is 7.90. The predicted octanol–water partition coefficient (Wildman–Crippen LogP) is 8.17. The first kappa shape index (κ1) is 53.7. The number of carbonyl (C=O) groups excluding carboxylic acids is 1. The minimum absolute atomic E-state index is 0.0244. The fourth-order valence-corrected chi connectivity index (χ4v) is 15.5. The van der Waals surface area contributed by atoms with Gasteiger partial charge in [-0.25, -0.2) is 13.1 Å². The summed E-state index contributed by atoms with van der Waals surface area (Å²) in [7, 11) is -4.72. The maximum atomic E-state index is 15.0. The smallest absolute Gasteiger partial charge is 0.297 e. The number of rotatable bonds is 12. The summed E-state index contributed by atoms with van der Waals surface area (Å²) in [5.74, 6) is 1.47. The number of ether oxygens (including phenoxy) is 6. The van der Waals surface area contributed by atoms with E-state index in [0.717, 1.165) is 106 Å². The lowest BCUT2D eigenvalue weighted by molar-refractivity contribution is -0.384. The van der Waals surface area contributed by atoms with Crippen LogP contribution in [0.15, 0.2) is 96.3 Å². The second-order valence-electron chi connectivity index (χ2n) is 24.1. The summed E-state index contributed by atoms with van der Waals surface area (Å²) in [6.07, 6.45) is 12.3. The number of sulfonamides is 1. The van der Waals surface area contributed by atoms with Crippen LogP contribution in [0.25, 0.3) is 11.0 Å². The van der Waals surface area contributed by atoms with Gasteiger partial charge in [-0.05, 0) is 125 Å². The van der Waals surface area contributed by atoms with Crippen molar-refractivity contribution in [3.63, 3.8) is 0 Å². The summed E-state index contributed by atoms with van der Waals surface area (Å²) < 4.78 is 68.2. The number of H-pyrrole nitrogens is 1. The number of hydrogen-bond acceptors (Lipinski definition) is 18. The quantitative estimate of drug-likeness (QED) is 0.0775. The van der Waals surface area contributed by atoms with E-state index in [1.54, 1.807) is 6.07 Å². The summed E-state index contributed by atoms with van der Waals surface area (Å²) in [6, 6.07) is 22.7. The van der Waals surface area contributed by atoms with Gasteiger partial charge in [-0.1, -0.05) is 18.2 Å². The molecule has 4 saturated heterocycles. The molecular weight excluding hydrogens is 1080 g/mol. The molecule has 1 aliphatic carbocycles. The number of nitro benzene ring substituents is 1. The third kappa shape index (κ3) is 10.2. The maximum absolute atomic E-state index is 15.0. The Bertz CT molecular complexity index is 3560. The summed E-state index contributed by atoms with van der Waals surface area (Å²) >= 11 is 0. The van der Waals surface area contributed by atoms with Crippen molar-refractivity contribution in [1.82, 2.24) is 29.5 Å². The molecule has 14 rings (SSSR count). The van der Waals surface area contributed by atoms with Crippen molar-refractivity contribution in [3.8, 4) is 23.1 Å².